The van der Waals surface area contributed by atoms with Crippen molar-refractivity contribution in [3.8, 4) is 5.75 Å². The van der Waals surface area contributed by atoms with Crippen molar-refractivity contribution in [2.75, 3.05) is 0 Å². The minimum absolute atomic E-state index is 0.0806. The second-order valence-corrected chi connectivity index (χ2v) is 4.62. The fourth-order valence-corrected chi connectivity index (χ4v) is 2.08. The molecule has 0 bridgehead atoms. The van der Waals surface area contributed by atoms with Crippen LogP contribution in [0.3, 0.4) is 0 Å². The number of nitrogens with zero attached hydrogens (tertiary/aromatic N) is 2. The molecule has 5 nitrogen and oxygen atoms in total. The number of amidine groups is 1. The second-order valence-electron chi connectivity index (χ2n) is 3.68. The third-order valence-corrected chi connectivity index (χ3v) is 3.23. The molecule has 0 unspecified atom stereocenters. The molecule has 6 heteroatoms. The predicted octanol–water partition coefficient (Wildman–Crippen LogP) is 2.13. The number of hydrogen-bond donors (Lipinski definition) is 2. The first-order valence-corrected chi connectivity index (χ1v) is 6.19. The van der Waals surface area contributed by atoms with Crippen LogP contribution in [-0.4, -0.2) is 16.0 Å². The van der Waals surface area contributed by atoms with Gasteiger partial charge in [-0.15, -0.1) is 11.3 Å². The fourth-order valence-electron chi connectivity index (χ4n) is 1.39. The van der Waals surface area contributed by atoms with E-state index in [9.17, 15) is 0 Å². The zero-order valence-corrected chi connectivity index (χ0v) is 10.6. The van der Waals surface area contributed by atoms with Crippen LogP contribution < -0.4 is 10.5 Å². The molecule has 0 saturated carbocycles. The maximum atomic E-state index is 8.54. The maximum absolute atomic E-state index is 8.54. The molecular weight excluding hydrogens is 250 g/mol. The second kappa shape index (κ2) is 5.50. The monoisotopic (exact) mass is 263 g/mol. The highest BCUT2D eigenvalue weighted by Crippen LogP contribution is 2.16. The van der Waals surface area contributed by atoms with Gasteiger partial charge in [0.25, 0.3) is 0 Å². The lowest BCUT2D eigenvalue weighted by Gasteiger charge is -2.04. The van der Waals surface area contributed by atoms with Gasteiger partial charge in [-0.05, 0) is 31.2 Å². The van der Waals surface area contributed by atoms with Gasteiger partial charge in [0, 0.05) is 16.6 Å². The van der Waals surface area contributed by atoms with E-state index in [0.29, 0.717) is 12.2 Å². The van der Waals surface area contributed by atoms with Crippen LogP contribution in [0.15, 0.2) is 34.8 Å². The van der Waals surface area contributed by atoms with Crippen LogP contribution in [0.1, 0.15) is 16.3 Å². The maximum Gasteiger partial charge on any atom is 0.170 e. The Balaban J connectivity index is 1.98. The summed E-state index contributed by atoms with van der Waals surface area (Å²) in [4.78, 5) is 4.31. The zero-order valence-electron chi connectivity index (χ0n) is 9.83. The Bertz CT molecular complexity index is 549. The summed E-state index contributed by atoms with van der Waals surface area (Å²) in [5.41, 5.74) is 7.11. The van der Waals surface area contributed by atoms with Gasteiger partial charge in [0.05, 0.1) is 0 Å². The van der Waals surface area contributed by atoms with Gasteiger partial charge in [0.2, 0.25) is 0 Å². The fraction of sp³-hybridized carbons (Fsp3) is 0.167. The van der Waals surface area contributed by atoms with Crippen LogP contribution in [0.2, 0.25) is 0 Å². The first kappa shape index (κ1) is 12.4. The van der Waals surface area contributed by atoms with E-state index in [-0.39, 0.29) is 5.84 Å². The normalized spacial score (nSPS) is 11.5. The largest absolute Gasteiger partial charge is 0.486 e. The lowest BCUT2D eigenvalue weighted by molar-refractivity contribution is 0.305. The third kappa shape index (κ3) is 2.98. The lowest BCUT2D eigenvalue weighted by Crippen LogP contribution is -2.12. The summed E-state index contributed by atoms with van der Waals surface area (Å²) in [5.74, 6) is 0.800. The number of oxime groups is 1. The summed E-state index contributed by atoms with van der Waals surface area (Å²) >= 11 is 1.57. The van der Waals surface area contributed by atoms with Crippen LogP contribution in [0, 0.1) is 6.92 Å². The van der Waals surface area contributed by atoms with Crippen molar-refractivity contribution < 1.29 is 9.94 Å². The van der Waals surface area contributed by atoms with Crippen molar-refractivity contribution in [2.45, 2.75) is 13.5 Å². The van der Waals surface area contributed by atoms with Crippen LogP contribution in [0.5, 0.6) is 5.75 Å². The lowest BCUT2D eigenvalue weighted by atomic mass is 10.2. The molecule has 0 fully saturated rings. The van der Waals surface area contributed by atoms with Crippen LogP contribution in [-0.2, 0) is 6.61 Å². The number of ether oxygens (including phenoxy) is 1. The highest BCUT2D eigenvalue weighted by molar-refractivity contribution is 7.09. The third-order valence-electron chi connectivity index (χ3n) is 2.29. The first-order chi connectivity index (χ1) is 8.69. The van der Waals surface area contributed by atoms with Gasteiger partial charge in [-0.25, -0.2) is 4.98 Å². The molecule has 3 N–H and O–H groups in total. The summed E-state index contributed by atoms with van der Waals surface area (Å²) in [6, 6.07) is 7.01. The Hall–Kier alpha value is -2.08. The first-order valence-electron chi connectivity index (χ1n) is 5.31. The highest BCUT2D eigenvalue weighted by atomic mass is 32.1. The van der Waals surface area contributed by atoms with Crippen LogP contribution in [0.25, 0.3) is 0 Å². The van der Waals surface area contributed by atoms with E-state index in [4.69, 9.17) is 15.7 Å². The van der Waals surface area contributed by atoms with Gasteiger partial charge < -0.3 is 15.7 Å². The van der Waals surface area contributed by atoms with E-state index in [1.54, 1.807) is 35.6 Å². The average Bonchev–Trinajstić information content (AvgIpc) is 2.82. The van der Waals surface area contributed by atoms with Gasteiger partial charge in [-0.1, -0.05) is 5.16 Å². The molecule has 0 atom stereocenters. The molecule has 0 aliphatic heterocycles. The number of nitrogens with two attached hydrogens (primary N) is 1. The molecule has 1 aromatic heterocycles. The minimum atomic E-state index is 0.0806. The molecule has 94 valence electrons. The summed E-state index contributed by atoms with van der Waals surface area (Å²) in [7, 11) is 0. The SMILES string of the molecule is Cc1csc(COc2ccc(C(N)=NO)cc2)n1. The molecule has 2 aromatic rings. The Morgan fingerprint density at radius 3 is 2.72 bits per heavy atom. The smallest absolute Gasteiger partial charge is 0.170 e. The molecule has 0 aliphatic carbocycles. The molecule has 0 aliphatic rings. The Labute approximate surface area is 109 Å². The topological polar surface area (TPSA) is 80.7 Å². The van der Waals surface area contributed by atoms with Crippen molar-refractivity contribution in [1.29, 1.82) is 0 Å². The quantitative estimate of drug-likeness (QED) is 0.383. The molecule has 1 heterocycles. The van der Waals surface area contributed by atoms with Crippen molar-refractivity contribution in [1.82, 2.24) is 4.98 Å². The standard InChI is InChI=1S/C12H13N3O2S/c1-8-7-18-11(14-8)6-17-10-4-2-9(3-5-10)12(13)15-16/h2-5,7,16H,6H2,1H3,(H2,13,15). The number of hydrogen-bond acceptors (Lipinski definition) is 5. The molecule has 0 saturated heterocycles. The Morgan fingerprint density at radius 2 is 2.17 bits per heavy atom. The zero-order chi connectivity index (χ0) is 13.0. The van der Waals surface area contributed by atoms with Gasteiger partial charge in [0.1, 0.15) is 17.4 Å². The molecule has 2 rings (SSSR count). The molecule has 1 aromatic carbocycles. The highest BCUT2D eigenvalue weighted by Gasteiger charge is 2.02. The Morgan fingerprint density at radius 1 is 1.44 bits per heavy atom. The number of rotatable bonds is 4. The molecule has 0 spiro atoms. The summed E-state index contributed by atoms with van der Waals surface area (Å²) in [6.45, 7) is 2.40. The van der Waals surface area contributed by atoms with E-state index < -0.39 is 0 Å². The number of aromatic nitrogens is 1. The molecule has 0 radical (unpaired) electrons. The number of benzene rings is 1. The molecule has 18 heavy (non-hydrogen) atoms. The number of aryl methyl sites for hydroxylation is 1. The minimum Gasteiger partial charge on any atom is -0.486 e. The Kier molecular flexibility index (Phi) is 3.78. The van der Waals surface area contributed by atoms with E-state index in [2.05, 4.69) is 10.1 Å². The van der Waals surface area contributed by atoms with E-state index in [1.807, 2.05) is 12.3 Å². The van der Waals surface area contributed by atoms with Gasteiger partial charge in [-0.2, -0.15) is 0 Å². The van der Waals surface area contributed by atoms with Gasteiger partial charge in [0.15, 0.2) is 5.84 Å². The van der Waals surface area contributed by atoms with Crippen molar-refractivity contribution in [3.05, 3.63) is 45.9 Å². The summed E-state index contributed by atoms with van der Waals surface area (Å²) < 4.78 is 5.58. The van der Waals surface area contributed by atoms with Crippen LogP contribution in [0.4, 0.5) is 0 Å². The number of thiazole rings is 1. The van der Waals surface area contributed by atoms with E-state index in [0.717, 1.165) is 16.5 Å². The average molecular weight is 263 g/mol. The van der Waals surface area contributed by atoms with Crippen molar-refractivity contribution >= 4 is 17.2 Å². The summed E-state index contributed by atoms with van der Waals surface area (Å²) in [5, 5.41) is 14.4. The van der Waals surface area contributed by atoms with Crippen molar-refractivity contribution in [3.63, 3.8) is 0 Å². The predicted molar refractivity (Wildman–Crippen MR) is 70.1 cm³/mol. The molecule has 0 amide bonds. The van der Waals surface area contributed by atoms with Gasteiger partial charge >= 0.3 is 0 Å². The van der Waals surface area contributed by atoms with Crippen molar-refractivity contribution in [2.24, 2.45) is 10.9 Å². The van der Waals surface area contributed by atoms with Gasteiger partial charge in [-0.3, -0.25) is 0 Å². The van der Waals surface area contributed by atoms with E-state index >= 15 is 0 Å². The van der Waals surface area contributed by atoms with E-state index in [1.165, 1.54) is 0 Å². The molecular formula is C12H13N3O2S. The van der Waals surface area contributed by atoms with Crippen LogP contribution >= 0.6 is 11.3 Å². The summed E-state index contributed by atoms with van der Waals surface area (Å²) in [6.07, 6.45) is 0.